The van der Waals surface area contributed by atoms with Gasteiger partial charge in [-0.2, -0.15) is 0 Å². The second kappa shape index (κ2) is 6.03. The van der Waals surface area contributed by atoms with E-state index in [0.717, 1.165) is 5.56 Å². The zero-order valence-electron chi connectivity index (χ0n) is 10.6. The molecule has 6 heteroatoms. The van der Waals surface area contributed by atoms with Crippen molar-refractivity contribution >= 4 is 29.0 Å². The summed E-state index contributed by atoms with van der Waals surface area (Å²) in [7, 11) is 0. The topological polar surface area (TPSA) is 67.8 Å². The van der Waals surface area contributed by atoms with Crippen LogP contribution in [-0.4, -0.2) is 11.0 Å². The minimum atomic E-state index is -0.0215. The van der Waals surface area contributed by atoms with E-state index in [4.69, 9.17) is 38.9 Å². The molecular formula is C14H12Cl2N2O2. The Bertz CT molecular complexity index is 672. The van der Waals surface area contributed by atoms with E-state index in [2.05, 4.69) is 5.16 Å². The van der Waals surface area contributed by atoms with Gasteiger partial charge in [-0.25, -0.2) is 0 Å². The van der Waals surface area contributed by atoms with E-state index in [-0.39, 0.29) is 5.84 Å². The van der Waals surface area contributed by atoms with Crippen molar-refractivity contribution in [1.82, 2.24) is 0 Å². The maximum atomic E-state index is 8.62. The Morgan fingerprint density at radius 2 is 1.70 bits per heavy atom. The smallest absolute Gasteiger partial charge is 0.170 e. The number of oxime groups is 1. The first-order chi connectivity index (χ1) is 9.51. The lowest BCUT2D eigenvalue weighted by Gasteiger charge is -2.10. The molecule has 0 heterocycles. The fourth-order valence-electron chi connectivity index (χ4n) is 1.61. The summed E-state index contributed by atoms with van der Waals surface area (Å²) in [5, 5.41) is 12.4. The normalized spacial score (nSPS) is 11.4. The van der Waals surface area contributed by atoms with Crippen LogP contribution in [0, 0.1) is 6.92 Å². The predicted molar refractivity (Wildman–Crippen MR) is 80.2 cm³/mol. The van der Waals surface area contributed by atoms with Crippen molar-refractivity contribution in [3.8, 4) is 11.5 Å². The van der Waals surface area contributed by atoms with Crippen LogP contribution >= 0.6 is 23.2 Å². The Hall–Kier alpha value is -1.91. The van der Waals surface area contributed by atoms with E-state index in [1.54, 1.807) is 30.3 Å². The molecule has 104 valence electrons. The van der Waals surface area contributed by atoms with Crippen LogP contribution in [0.4, 0.5) is 0 Å². The third-order valence-electron chi connectivity index (χ3n) is 2.64. The maximum absolute atomic E-state index is 8.62. The highest BCUT2D eigenvalue weighted by Gasteiger charge is 2.09. The van der Waals surface area contributed by atoms with Crippen LogP contribution in [0.2, 0.25) is 10.0 Å². The SMILES string of the molecule is Cc1ccc(Oc2ccc(C(N)=NO)cc2Cl)c(Cl)c1. The van der Waals surface area contributed by atoms with Crippen molar-refractivity contribution in [3.05, 3.63) is 57.6 Å². The largest absolute Gasteiger partial charge is 0.454 e. The summed E-state index contributed by atoms with van der Waals surface area (Å²) in [6.45, 7) is 1.94. The first kappa shape index (κ1) is 14.5. The van der Waals surface area contributed by atoms with Gasteiger partial charge in [0, 0.05) is 5.56 Å². The van der Waals surface area contributed by atoms with Crippen LogP contribution in [0.1, 0.15) is 11.1 Å². The van der Waals surface area contributed by atoms with Gasteiger partial charge in [-0.15, -0.1) is 0 Å². The van der Waals surface area contributed by atoms with E-state index in [1.165, 1.54) is 0 Å². The Labute approximate surface area is 126 Å². The van der Waals surface area contributed by atoms with Gasteiger partial charge in [0.1, 0.15) is 11.5 Å². The van der Waals surface area contributed by atoms with Crippen molar-refractivity contribution < 1.29 is 9.94 Å². The highest BCUT2D eigenvalue weighted by molar-refractivity contribution is 6.33. The molecule has 0 saturated carbocycles. The average Bonchev–Trinajstić information content (AvgIpc) is 2.42. The van der Waals surface area contributed by atoms with Gasteiger partial charge in [-0.05, 0) is 42.8 Å². The van der Waals surface area contributed by atoms with Gasteiger partial charge in [0.25, 0.3) is 0 Å². The molecule has 0 aromatic heterocycles. The molecule has 0 aliphatic heterocycles. The van der Waals surface area contributed by atoms with Gasteiger partial charge in [0.05, 0.1) is 10.0 Å². The summed E-state index contributed by atoms with van der Waals surface area (Å²) >= 11 is 12.2. The Morgan fingerprint density at radius 3 is 2.25 bits per heavy atom. The molecule has 2 aromatic rings. The van der Waals surface area contributed by atoms with E-state index in [1.807, 2.05) is 13.0 Å². The monoisotopic (exact) mass is 310 g/mol. The fourth-order valence-corrected chi connectivity index (χ4v) is 2.10. The second-order valence-corrected chi connectivity index (χ2v) is 4.98. The van der Waals surface area contributed by atoms with Crippen molar-refractivity contribution in [1.29, 1.82) is 0 Å². The van der Waals surface area contributed by atoms with Crippen molar-refractivity contribution in [2.24, 2.45) is 10.9 Å². The molecule has 0 saturated heterocycles. The van der Waals surface area contributed by atoms with Crippen molar-refractivity contribution in [2.45, 2.75) is 6.92 Å². The first-order valence-corrected chi connectivity index (χ1v) is 6.48. The molecule has 0 radical (unpaired) electrons. The van der Waals surface area contributed by atoms with Crippen LogP contribution in [0.25, 0.3) is 0 Å². The molecule has 0 bridgehead atoms. The molecule has 0 atom stereocenters. The number of hydrogen-bond donors (Lipinski definition) is 2. The summed E-state index contributed by atoms with van der Waals surface area (Å²) in [5.74, 6) is 0.925. The first-order valence-electron chi connectivity index (χ1n) is 5.72. The van der Waals surface area contributed by atoms with Gasteiger partial charge in [-0.3, -0.25) is 0 Å². The lowest BCUT2D eigenvalue weighted by molar-refractivity contribution is 0.318. The van der Waals surface area contributed by atoms with Crippen LogP contribution in [0.3, 0.4) is 0 Å². The molecule has 0 spiro atoms. The quantitative estimate of drug-likeness (QED) is 0.386. The van der Waals surface area contributed by atoms with Crippen LogP contribution in [0.5, 0.6) is 11.5 Å². The number of aryl methyl sites for hydroxylation is 1. The van der Waals surface area contributed by atoms with Gasteiger partial charge < -0.3 is 15.7 Å². The van der Waals surface area contributed by atoms with Crippen LogP contribution in [-0.2, 0) is 0 Å². The molecule has 20 heavy (non-hydrogen) atoms. The molecule has 0 unspecified atom stereocenters. The number of rotatable bonds is 3. The van der Waals surface area contributed by atoms with Crippen molar-refractivity contribution in [3.63, 3.8) is 0 Å². The molecule has 4 nitrogen and oxygen atoms in total. The lowest BCUT2D eigenvalue weighted by atomic mass is 10.2. The molecule has 2 rings (SSSR count). The number of benzene rings is 2. The molecule has 0 amide bonds. The minimum absolute atomic E-state index is 0.0215. The Morgan fingerprint density at radius 1 is 1.10 bits per heavy atom. The molecule has 0 fully saturated rings. The van der Waals surface area contributed by atoms with Crippen LogP contribution in [0.15, 0.2) is 41.6 Å². The Balaban J connectivity index is 2.30. The number of ether oxygens (including phenoxy) is 1. The minimum Gasteiger partial charge on any atom is -0.454 e. The lowest BCUT2D eigenvalue weighted by Crippen LogP contribution is -2.12. The van der Waals surface area contributed by atoms with Gasteiger partial charge in [0.15, 0.2) is 5.84 Å². The molecule has 0 aliphatic carbocycles. The number of nitrogens with two attached hydrogens (primary N) is 1. The van der Waals surface area contributed by atoms with Gasteiger partial charge >= 0.3 is 0 Å². The molecule has 2 aromatic carbocycles. The summed E-state index contributed by atoms with van der Waals surface area (Å²) in [6.07, 6.45) is 0. The fraction of sp³-hybridized carbons (Fsp3) is 0.0714. The second-order valence-electron chi connectivity index (χ2n) is 4.17. The van der Waals surface area contributed by atoms with E-state index >= 15 is 0 Å². The zero-order valence-corrected chi connectivity index (χ0v) is 12.1. The number of halogens is 2. The summed E-state index contributed by atoms with van der Waals surface area (Å²) in [5.41, 5.74) is 7.02. The Kier molecular flexibility index (Phi) is 4.37. The van der Waals surface area contributed by atoms with Crippen molar-refractivity contribution in [2.75, 3.05) is 0 Å². The van der Waals surface area contributed by atoms with E-state index < -0.39 is 0 Å². The average molecular weight is 311 g/mol. The number of nitrogens with zero attached hydrogens (tertiary/aromatic N) is 1. The van der Waals surface area contributed by atoms with E-state index in [9.17, 15) is 0 Å². The predicted octanol–water partition coefficient (Wildman–Crippen LogP) is 4.19. The summed E-state index contributed by atoms with van der Waals surface area (Å²) in [4.78, 5) is 0. The maximum Gasteiger partial charge on any atom is 0.170 e. The third kappa shape index (κ3) is 3.15. The van der Waals surface area contributed by atoms with Gasteiger partial charge in [-0.1, -0.05) is 34.4 Å². The number of hydrogen-bond acceptors (Lipinski definition) is 3. The third-order valence-corrected chi connectivity index (χ3v) is 3.23. The van der Waals surface area contributed by atoms with E-state index in [0.29, 0.717) is 27.1 Å². The van der Waals surface area contributed by atoms with Crippen LogP contribution < -0.4 is 10.5 Å². The standard InChI is InChI=1S/C14H12Cl2N2O2/c1-8-2-4-12(10(15)6-8)20-13-5-3-9(7-11(13)16)14(17)18-19/h2-7,19H,1H3,(H2,17,18). The molecule has 3 N–H and O–H groups in total. The highest BCUT2D eigenvalue weighted by Crippen LogP contribution is 2.34. The zero-order chi connectivity index (χ0) is 14.7. The highest BCUT2D eigenvalue weighted by atomic mass is 35.5. The molecular weight excluding hydrogens is 299 g/mol. The molecule has 0 aliphatic rings. The summed E-state index contributed by atoms with van der Waals surface area (Å²) in [6, 6.07) is 10.3. The van der Waals surface area contributed by atoms with Gasteiger partial charge in [0.2, 0.25) is 0 Å². The summed E-state index contributed by atoms with van der Waals surface area (Å²) < 4.78 is 5.66. The number of amidine groups is 1.